The van der Waals surface area contributed by atoms with Gasteiger partial charge in [-0.2, -0.15) is 0 Å². The van der Waals surface area contributed by atoms with Crippen LogP contribution in [0.25, 0.3) is 10.9 Å². The molecule has 156 valence electrons. The molecular weight excluding hydrogens is 400 g/mol. The van der Waals surface area contributed by atoms with Gasteiger partial charge in [-0.25, -0.2) is 0 Å². The Morgan fingerprint density at radius 2 is 1.63 bits per heavy atom. The zero-order chi connectivity index (χ0) is 21.5. The van der Waals surface area contributed by atoms with Crippen LogP contribution in [0.3, 0.4) is 0 Å². The molecule has 2 aromatic carbocycles. The Labute approximate surface area is 179 Å². The number of aromatic nitrogens is 2. The highest BCUT2D eigenvalue weighted by atomic mass is 32.1. The van der Waals surface area contributed by atoms with Crippen molar-refractivity contribution in [1.82, 2.24) is 9.55 Å². The average molecular weight is 425 g/mol. The number of nitrogens with one attached hydrogen (secondary N) is 3. The number of anilines is 2. The fourth-order valence-electron chi connectivity index (χ4n) is 3.20. The summed E-state index contributed by atoms with van der Waals surface area (Å²) in [6.45, 7) is 1.96. The summed E-state index contributed by atoms with van der Waals surface area (Å²) in [5, 5.41) is 6.14. The van der Waals surface area contributed by atoms with Gasteiger partial charge in [0.15, 0.2) is 4.77 Å². The molecule has 0 saturated heterocycles. The van der Waals surface area contributed by atoms with Gasteiger partial charge in [-0.1, -0.05) is 18.6 Å². The van der Waals surface area contributed by atoms with Crippen molar-refractivity contribution < 1.29 is 9.59 Å². The number of unbranched alkanes of at least 4 members (excludes halogenated alkanes) is 2. The average Bonchev–Trinajstić information content (AvgIpc) is 2.71. The highest BCUT2D eigenvalue weighted by Crippen LogP contribution is 2.14. The van der Waals surface area contributed by atoms with Crippen LogP contribution in [-0.2, 0) is 16.1 Å². The number of para-hydroxylation sites is 1. The quantitative estimate of drug-likeness (QED) is 0.373. The standard InChI is InChI=1S/C22H24N4O3S/c1-15(27)23-16-10-12-17(13-11-16)24-20(28)9-3-2-6-14-26-21(29)18-7-4-5-8-19(18)25-22(26)30/h4-5,7-8,10-13H,2-3,6,9,14H2,1H3,(H,23,27)(H,24,28)(H,25,30). The molecule has 3 rings (SSSR count). The smallest absolute Gasteiger partial charge is 0.262 e. The van der Waals surface area contributed by atoms with E-state index in [0.717, 1.165) is 18.4 Å². The summed E-state index contributed by atoms with van der Waals surface area (Å²) >= 11 is 5.31. The SMILES string of the molecule is CC(=O)Nc1ccc(NC(=O)CCCCCn2c(=S)[nH]c3ccccc3c2=O)cc1. The molecule has 2 amide bonds. The monoisotopic (exact) mass is 424 g/mol. The third-order valence-electron chi connectivity index (χ3n) is 4.66. The van der Waals surface area contributed by atoms with E-state index in [1.807, 2.05) is 18.2 Å². The van der Waals surface area contributed by atoms with Crippen LogP contribution in [-0.4, -0.2) is 21.4 Å². The summed E-state index contributed by atoms with van der Waals surface area (Å²) < 4.78 is 1.99. The second-order valence-corrected chi connectivity index (χ2v) is 7.44. The molecule has 8 heteroatoms. The third kappa shape index (κ3) is 5.64. The van der Waals surface area contributed by atoms with Gasteiger partial charge >= 0.3 is 0 Å². The first kappa shape index (κ1) is 21.4. The Bertz CT molecular complexity index is 1170. The van der Waals surface area contributed by atoms with E-state index in [9.17, 15) is 14.4 Å². The number of aromatic amines is 1. The fourth-order valence-corrected chi connectivity index (χ4v) is 3.48. The molecular formula is C22H24N4O3S. The predicted octanol–water partition coefficient (Wildman–Crippen LogP) is 4.22. The molecule has 3 aromatic rings. The Morgan fingerprint density at radius 3 is 2.33 bits per heavy atom. The molecule has 0 fully saturated rings. The van der Waals surface area contributed by atoms with Crippen LogP contribution in [0, 0.1) is 4.77 Å². The van der Waals surface area contributed by atoms with Crippen molar-refractivity contribution in [2.24, 2.45) is 0 Å². The van der Waals surface area contributed by atoms with E-state index in [-0.39, 0.29) is 17.4 Å². The van der Waals surface area contributed by atoms with Crippen molar-refractivity contribution in [3.8, 4) is 0 Å². The van der Waals surface area contributed by atoms with Gasteiger partial charge in [0.2, 0.25) is 11.8 Å². The molecule has 1 aromatic heterocycles. The maximum Gasteiger partial charge on any atom is 0.262 e. The van der Waals surface area contributed by atoms with Gasteiger partial charge in [0.1, 0.15) is 0 Å². The van der Waals surface area contributed by atoms with E-state index >= 15 is 0 Å². The zero-order valence-corrected chi connectivity index (χ0v) is 17.6. The Kier molecular flexibility index (Phi) is 7.13. The number of rotatable bonds is 8. The van der Waals surface area contributed by atoms with Crippen molar-refractivity contribution in [3.63, 3.8) is 0 Å². The molecule has 0 aliphatic rings. The second-order valence-electron chi connectivity index (χ2n) is 7.05. The lowest BCUT2D eigenvalue weighted by Crippen LogP contribution is -2.22. The fraction of sp³-hybridized carbons (Fsp3) is 0.273. The van der Waals surface area contributed by atoms with Crippen LogP contribution in [0.5, 0.6) is 0 Å². The van der Waals surface area contributed by atoms with Crippen LogP contribution in [0.4, 0.5) is 11.4 Å². The normalized spacial score (nSPS) is 10.7. The lowest BCUT2D eigenvalue weighted by atomic mass is 10.1. The Morgan fingerprint density at radius 1 is 0.967 bits per heavy atom. The molecule has 0 unspecified atom stereocenters. The van der Waals surface area contributed by atoms with Crippen LogP contribution in [0.15, 0.2) is 53.3 Å². The summed E-state index contributed by atoms with van der Waals surface area (Å²) in [5.74, 6) is -0.207. The largest absolute Gasteiger partial charge is 0.332 e. The van der Waals surface area contributed by atoms with E-state index < -0.39 is 0 Å². The molecule has 0 bridgehead atoms. The first-order chi connectivity index (χ1) is 14.4. The minimum Gasteiger partial charge on any atom is -0.332 e. The van der Waals surface area contributed by atoms with Gasteiger partial charge in [0.05, 0.1) is 10.9 Å². The number of hydrogen-bond donors (Lipinski definition) is 3. The molecule has 0 saturated carbocycles. The minimum absolute atomic E-state index is 0.0672. The van der Waals surface area contributed by atoms with Gasteiger partial charge in [-0.05, 0) is 61.5 Å². The van der Waals surface area contributed by atoms with E-state index in [1.54, 1.807) is 34.9 Å². The topological polar surface area (TPSA) is 96.0 Å². The lowest BCUT2D eigenvalue weighted by Gasteiger charge is -2.09. The van der Waals surface area contributed by atoms with Gasteiger partial charge < -0.3 is 15.6 Å². The molecule has 3 N–H and O–H groups in total. The Balaban J connectivity index is 1.45. The van der Waals surface area contributed by atoms with E-state index in [0.29, 0.717) is 40.9 Å². The number of fused-ring (bicyclic) bond motifs is 1. The molecule has 1 heterocycles. The maximum atomic E-state index is 12.6. The minimum atomic E-state index is -0.140. The van der Waals surface area contributed by atoms with Gasteiger partial charge in [-0.15, -0.1) is 0 Å². The van der Waals surface area contributed by atoms with Crippen molar-refractivity contribution in [3.05, 3.63) is 63.7 Å². The molecule has 0 radical (unpaired) electrons. The Hall–Kier alpha value is -3.26. The summed E-state index contributed by atoms with van der Waals surface area (Å²) in [6, 6.07) is 14.3. The van der Waals surface area contributed by atoms with E-state index in [1.165, 1.54) is 6.92 Å². The number of hydrogen-bond acceptors (Lipinski definition) is 4. The van der Waals surface area contributed by atoms with Gasteiger partial charge in [0.25, 0.3) is 5.56 Å². The van der Waals surface area contributed by atoms with E-state index in [4.69, 9.17) is 12.2 Å². The predicted molar refractivity (Wildman–Crippen MR) is 121 cm³/mol. The number of nitrogens with zero attached hydrogens (tertiary/aromatic N) is 1. The molecule has 0 aliphatic carbocycles. The number of H-pyrrole nitrogens is 1. The zero-order valence-electron chi connectivity index (χ0n) is 16.7. The van der Waals surface area contributed by atoms with Gasteiger partial charge in [0, 0.05) is 31.3 Å². The van der Waals surface area contributed by atoms with Crippen LogP contribution in [0.1, 0.15) is 32.6 Å². The van der Waals surface area contributed by atoms with Crippen molar-refractivity contribution in [1.29, 1.82) is 0 Å². The number of amides is 2. The second kappa shape index (κ2) is 9.98. The molecule has 30 heavy (non-hydrogen) atoms. The maximum absolute atomic E-state index is 12.6. The van der Waals surface area contributed by atoms with Crippen LogP contribution >= 0.6 is 12.2 Å². The van der Waals surface area contributed by atoms with Crippen LogP contribution < -0.4 is 16.2 Å². The van der Waals surface area contributed by atoms with Crippen molar-refractivity contribution >= 4 is 46.3 Å². The summed E-state index contributed by atoms with van der Waals surface area (Å²) in [5.41, 5.74) is 2.02. The molecule has 0 aliphatic heterocycles. The number of carbonyl (C=O) groups is 2. The highest BCUT2D eigenvalue weighted by Gasteiger charge is 2.06. The van der Waals surface area contributed by atoms with Gasteiger partial charge in [-0.3, -0.25) is 19.0 Å². The van der Waals surface area contributed by atoms with Crippen molar-refractivity contribution in [2.45, 2.75) is 39.2 Å². The number of benzene rings is 2. The van der Waals surface area contributed by atoms with E-state index in [2.05, 4.69) is 15.6 Å². The molecule has 0 spiro atoms. The summed E-state index contributed by atoms with van der Waals surface area (Å²) in [4.78, 5) is 38.8. The van der Waals surface area contributed by atoms with Crippen molar-refractivity contribution in [2.75, 3.05) is 10.6 Å². The lowest BCUT2D eigenvalue weighted by molar-refractivity contribution is -0.116. The molecule has 7 nitrogen and oxygen atoms in total. The summed E-state index contributed by atoms with van der Waals surface area (Å²) in [7, 11) is 0. The number of carbonyl (C=O) groups excluding carboxylic acids is 2. The first-order valence-corrected chi connectivity index (χ1v) is 10.2. The third-order valence-corrected chi connectivity index (χ3v) is 4.99. The summed E-state index contributed by atoms with van der Waals surface area (Å²) in [6.07, 6.45) is 2.68. The highest BCUT2D eigenvalue weighted by molar-refractivity contribution is 7.71. The molecule has 0 atom stereocenters. The van der Waals surface area contributed by atoms with Crippen LogP contribution in [0.2, 0.25) is 0 Å². The first-order valence-electron chi connectivity index (χ1n) is 9.83.